The molecule has 7 nitrogen and oxygen atoms in total. The van der Waals surface area contributed by atoms with Crippen LogP contribution in [0.25, 0.3) is 10.1 Å². The van der Waals surface area contributed by atoms with Crippen molar-refractivity contribution >= 4 is 37.5 Å². The van der Waals surface area contributed by atoms with Crippen LogP contribution in [0.3, 0.4) is 0 Å². The summed E-state index contributed by atoms with van der Waals surface area (Å²) in [7, 11) is -0.643. The van der Waals surface area contributed by atoms with Gasteiger partial charge < -0.3 is 14.8 Å². The van der Waals surface area contributed by atoms with E-state index in [0.717, 1.165) is 15.9 Å². The first kappa shape index (κ1) is 19.4. The SMILES string of the molecule is COc1ccc(S(=O)(=O)NCCCNc2nsc3ccccc23)cc1OC. The smallest absolute Gasteiger partial charge is 0.240 e. The molecule has 9 heteroatoms. The molecule has 0 aliphatic heterocycles. The fourth-order valence-electron chi connectivity index (χ4n) is 2.58. The molecule has 0 radical (unpaired) electrons. The summed E-state index contributed by atoms with van der Waals surface area (Å²) in [6.45, 7) is 0.925. The fourth-order valence-corrected chi connectivity index (χ4v) is 4.43. The van der Waals surface area contributed by atoms with Crippen LogP contribution in [0.5, 0.6) is 11.5 Å². The van der Waals surface area contributed by atoms with E-state index in [9.17, 15) is 8.42 Å². The van der Waals surface area contributed by atoms with Gasteiger partial charge in [0.25, 0.3) is 0 Å². The zero-order chi connectivity index (χ0) is 19.3. The molecule has 2 N–H and O–H groups in total. The van der Waals surface area contributed by atoms with E-state index in [1.54, 1.807) is 6.07 Å². The summed E-state index contributed by atoms with van der Waals surface area (Å²) >= 11 is 1.44. The zero-order valence-corrected chi connectivity index (χ0v) is 16.7. The minimum atomic E-state index is -3.61. The molecule has 1 heterocycles. The Morgan fingerprint density at radius 2 is 1.81 bits per heavy atom. The molecule has 0 spiro atoms. The van der Waals surface area contributed by atoms with Crippen molar-refractivity contribution in [2.45, 2.75) is 11.3 Å². The number of fused-ring (bicyclic) bond motifs is 1. The van der Waals surface area contributed by atoms with E-state index in [4.69, 9.17) is 9.47 Å². The fraction of sp³-hybridized carbons (Fsp3) is 0.278. The third-order valence-electron chi connectivity index (χ3n) is 3.98. The van der Waals surface area contributed by atoms with Crippen LogP contribution in [0.2, 0.25) is 0 Å². The van der Waals surface area contributed by atoms with Crippen molar-refractivity contribution in [2.24, 2.45) is 0 Å². The zero-order valence-electron chi connectivity index (χ0n) is 15.1. The normalized spacial score (nSPS) is 11.5. The summed E-state index contributed by atoms with van der Waals surface area (Å²) in [6.07, 6.45) is 0.623. The van der Waals surface area contributed by atoms with Crippen LogP contribution in [0.1, 0.15) is 6.42 Å². The lowest BCUT2D eigenvalue weighted by atomic mass is 10.2. The van der Waals surface area contributed by atoms with Gasteiger partial charge in [-0.15, -0.1) is 0 Å². The third kappa shape index (κ3) is 4.49. The summed E-state index contributed by atoms with van der Waals surface area (Å²) in [5.74, 6) is 1.69. The van der Waals surface area contributed by atoms with Crippen LogP contribution >= 0.6 is 11.5 Å². The Balaban J connectivity index is 1.53. The number of benzene rings is 2. The van der Waals surface area contributed by atoms with Crippen molar-refractivity contribution in [2.75, 3.05) is 32.6 Å². The maximum atomic E-state index is 12.4. The van der Waals surface area contributed by atoms with Crippen LogP contribution in [0.4, 0.5) is 5.82 Å². The monoisotopic (exact) mass is 407 g/mol. The highest BCUT2D eigenvalue weighted by atomic mass is 32.2. The van der Waals surface area contributed by atoms with E-state index in [1.165, 1.54) is 37.9 Å². The van der Waals surface area contributed by atoms with Gasteiger partial charge in [0.1, 0.15) is 5.82 Å². The minimum absolute atomic E-state index is 0.138. The highest BCUT2D eigenvalue weighted by Crippen LogP contribution is 2.29. The summed E-state index contributed by atoms with van der Waals surface area (Å²) in [4.78, 5) is 0.138. The molecule has 3 rings (SSSR count). The molecule has 0 atom stereocenters. The van der Waals surface area contributed by atoms with Crippen LogP contribution < -0.4 is 19.5 Å². The molecule has 0 unspecified atom stereocenters. The van der Waals surface area contributed by atoms with Crippen molar-refractivity contribution in [3.8, 4) is 11.5 Å². The Kier molecular flexibility index (Phi) is 6.15. The number of hydrogen-bond acceptors (Lipinski definition) is 7. The highest BCUT2D eigenvalue weighted by Gasteiger charge is 2.16. The van der Waals surface area contributed by atoms with Gasteiger partial charge in [0.05, 0.1) is 23.8 Å². The topological polar surface area (TPSA) is 89.6 Å². The number of aromatic nitrogens is 1. The lowest BCUT2D eigenvalue weighted by Crippen LogP contribution is -2.26. The Labute approximate surface area is 162 Å². The Bertz CT molecular complexity index is 1020. The van der Waals surface area contributed by atoms with Crippen molar-refractivity contribution in [3.05, 3.63) is 42.5 Å². The van der Waals surface area contributed by atoms with E-state index < -0.39 is 10.0 Å². The molecule has 0 bridgehead atoms. The highest BCUT2D eigenvalue weighted by molar-refractivity contribution is 7.89. The van der Waals surface area contributed by atoms with E-state index in [-0.39, 0.29) is 4.90 Å². The van der Waals surface area contributed by atoms with E-state index in [1.807, 2.05) is 24.3 Å². The first-order valence-corrected chi connectivity index (χ1v) is 10.6. The van der Waals surface area contributed by atoms with E-state index in [0.29, 0.717) is 31.0 Å². The molecule has 0 saturated heterocycles. The third-order valence-corrected chi connectivity index (χ3v) is 6.27. The van der Waals surface area contributed by atoms with Gasteiger partial charge in [0.2, 0.25) is 10.0 Å². The molecule has 0 aliphatic rings. The molecule has 144 valence electrons. The standard InChI is InChI=1S/C18H21N3O4S2/c1-24-15-9-8-13(12-16(15)25-2)27(22,23)20-11-5-10-19-18-14-6-3-4-7-17(14)26-21-18/h3-4,6-9,12,20H,5,10-11H2,1-2H3,(H,19,21). The maximum absolute atomic E-state index is 12.4. The van der Waals surface area contributed by atoms with Crippen LogP contribution in [-0.2, 0) is 10.0 Å². The molecule has 0 saturated carbocycles. The number of ether oxygens (including phenoxy) is 2. The number of sulfonamides is 1. The summed E-state index contributed by atoms with van der Waals surface area (Å²) in [6, 6.07) is 12.5. The molecule has 0 amide bonds. The molecule has 3 aromatic rings. The molecular weight excluding hydrogens is 386 g/mol. The number of methoxy groups -OCH3 is 2. The quantitative estimate of drug-likeness (QED) is 0.530. The molecule has 2 aromatic carbocycles. The number of rotatable bonds is 9. The van der Waals surface area contributed by atoms with Crippen molar-refractivity contribution < 1.29 is 17.9 Å². The lowest BCUT2D eigenvalue weighted by molar-refractivity contribution is 0.354. The number of nitrogens with zero attached hydrogens (tertiary/aromatic N) is 1. The van der Waals surface area contributed by atoms with Gasteiger partial charge in [-0.05, 0) is 42.2 Å². The summed E-state index contributed by atoms with van der Waals surface area (Å²) in [5, 5.41) is 4.33. The largest absolute Gasteiger partial charge is 0.493 e. The Morgan fingerprint density at radius 3 is 2.59 bits per heavy atom. The second-order valence-electron chi connectivity index (χ2n) is 5.72. The summed E-state index contributed by atoms with van der Waals surface area (Å²) < 4.78 is 43.3. The van der Waals surface area contributed by atoms with Gasteiger partial charge in [0.15, 0.2) is 11.5 Å². The number of anilines is 1. The number of hydrogen-bond donors (Lipinski definition) is 2. The van der Waals surface area contributed by atoms with Crippen LogP contribution in [0.15, 0.2) is 47.4 Å². The minimum Gasteiger partial charge on any atom is -0.493 e. The molecular formula is C18H21N3O4S2. The van der Waals surface area contributed by atoms with Gasteiger partial charge in [-0.2, -0.15) is 4.37 Å². The predicted molar refractivity (Wildman–Crippen MR) is 107 cm³/mol. The number of nitrogens with one attached hydrogen (secondary N) is 2. The average Bonchev–Trinajstić information content (AvgIpc) is 3.10. The Morgan fingerprint density at radius 1 is 1.04 bits per heavy atom. The van der Waals surface area contributed by atoms with Gasteiger partial charge >= 0.3 is 0 Å². The van der Waals surface area contributed by atoms with Crippen molar-refractivity contribution in [1.29, 1.82) is 0 Å². The Hall–Kier alpha value is -2.36. The molecule has 0 fully saturated rings. The van der Waals surface area contributed by atoms with E-state index >= 15 is 0 Å². The second kappa shape index (κ2) is 8.55. The second-order valence-corrected chi connectivity index (χ2v) is 8.29. The van der Waals surface area contributed by atoms with Crippen LogP contribution in [0, 0.1) is 0 Å². The lowest BCUT2D eigenvalue weighted by Gasteiger charge is -2.11. The molecule has 0 aliphatic carbocycles. The average molecular weight is 408 g/mol. The molecule has 1 aromatic heterocycles. The van der Waals surface area contributed by atoms with Gasteiger partial charge in [-0.1, -0.05) is 12.1 Å². The predicted octanol–water partition coefficient (Wildman–Crippen LogP) is 3.09. The van der Waals surface area contributed by atoms with E-state index in [2.05, 4.69) is 14.4 Å². The van der Waals surface area contributed by atoms with Gasteiger partial charge in [0, 0.05) is 24.5 Å². The first-order chi connectivity index (χ1) is 13.0. The van der Waals surface area contributed by atoms with Gasteiger partial charge in [-0.3, -0.25) is 0 Å². The molecule has 27 heavy (non-hydrogen) atoms. The van der Waals surface area contributed by atoms with Crippen molar-refractivity contribution in [1.82, 2.24) is 9.10 Å². The summed E-state index contributed by atoms with van der Waals surface area (Å²) in [5.41, 5.74) is 0. The van der Waals surface area contributed by atoms with Crippen molar-refractivity contribution in [3.63, 3.8) is 0 Å². The maximum Gasteiger partial charge on any atom is 0.240 e. The van der Waals surface area contributed by atoms with Gasteiger partial charge in [-0.25, -0.2) is 13.1 Å². The first-order valence-electron chi connectivity index (χ1n) is 8.35. The van der Waals surface area contributed by atoms with Crippen LogP contribution in [-0.4, -0.2) is 40.1 Å².